The third kappa shape index (κ3) is 13.4. The fraction of sp³-hybridized carbons (Fsp3) is 0.667. The fourth-order valence-electron chi connectivity index (χ4n) is 3.23. The van der Waals surface area contributed by atoms with Crippen molar-refractivity contribution in [3.8, 4) is 0 Å². The van der Waals surface area contributed by atoms with Gasteiger partial charge in [-0.2, -0.15) is 0 Å². The first-order chi connectivity index (χ1) is 11.9. The molecule has 136 valence electrons. The molecule has 0 aliphatic heterocycles. The molecule has 24 heavy (non-hydrogen) atoms. The maximum Gasteiger partial charge on any atom is -0.0276 e. The van der Waals surface area contributed by atoms with Crippen LogP contribution >= 0.6 is 0 Å². The van der Waals surface area contributed by atoms with Gasteiger partial charge >= 0.3 is 0 Å². The fourth-order valence-corrected chi connectivity index (χ4v) is 3.23. The van der Waals surface area contributed by atoms with Gasteiger partial charge in [0.25, 0.3) is 0 Å². The lowest BCUT2D eigenvalue weighted by molar-refractivity contribution is 0.550. The number of rotatable bonds is 16. The Labute approximate surface area is 151 Å². The van der Waals surface area contributed by atoms with Gasteiger partial charge in [-0.05, 0) is 37.7 Å². The molecule has 0 aliphatic carbocycles. The van der Waals surface area contributed by atoms with Crippen LogP contribution in [-0.4, -0.2) is 0 Å². The Morgan fingerprint density at radius 2 is 1.08 bits per heavy atom. The molecule has 0 fully saturated rings. The molecule has 0 unspecified atom stereocenters. The molecule has 1 aromatic rings. The first kappa shape index (κ1) is 21.0. The molecule has 0 aliphatic rings. The van der Waals surface area contributed by atoms with Gasteiger partial charge in [-0.15, -0.1) is 0 Å². The molecule has 0 N–H and O–H groups in total. The molecule has 1 aromatic carbocycles. The SMILES string of the molecule is CCCCCCCCCCCCCC=CCCCc1ccccc1. The van der Waals surface area contributed by atoms with Crippen molar-refractivity contribution in [1.29, 1.82) is 0 Å². The third-order valence-corrected chi connectivity index (χ3v) is 4.82. The number of hydrogen-bond donors (Lipinski definition) is 0. The Balaban J connectivity index is 1.77. The Hall–Kier alpha value is -1.04. The van der Waals surface area contributed by atoms with Crippen LogP contribution in [0.25, 0.3) is 0 Å². The second-order valence-electron chi connectivity index (χ2n) is 7.17. The zero-order valence-corrected chi connectivity index (χ0v) is 16.1. The normalized spacial score (nSPS) is 11.4. The van der Waals surface area contributed by atoms with E-state index in [0.29, 0.717) is 0 Å². The van der Waals surface area contributed by atoms with Gasteiger partial charge in [0.05, 0.1) is 0 Å². The van der Waals surface area contributed by atoms with Gasteiger partial charge in [-0.25, -0.2) is 0 Å². The lowest BCUT2D eigenvalue weighted by atomic mass is 10.0. The Morgan fingerprint density at radius 1 is 0.583 bits per heavy atom. The molecule has 0 heterocycles. The van der Waals surface area contributed by atoms with Gasteiger partial charge in [-0.3, -0.25) is 0 Å². The molecule has 0 saturated carbocycles. The van der Waals surface area contributed by atoms with E-state index < -0.39 is 0 Å². The van der Waals surface area contributed by atoms with Gasteiger partial charge in [0, 0.05) is 0 Å². The van der Waals surface area contributed by atoms with Crippen LogP contribution < -0.4 is 0 Å². The molecule has 0 saturated heterocycles. The van der Waals surface area contributed by atoms with Crippen molar-refractivity contribution >= 4 is 0 Å². The zero-order chi connectivity index (χ0) is 17.1. The lowest BCUT2D eigenvalue weighted by Gasteiger charge is -2.01. The summed E-state index contributed by atoms with van der Waals surface area (Å²) in [7, 11) is 0. The van der Waals surface area contributed by atoms with Crippen molar-refractivity contribution in [2.45, 2.75) is 103 Å². The Kier molecular flexibility index (Phi) is 14.7. The summed E-state index contributed by atoms with van der Waals surface area (Å²) < 4.78 is 0. The Bertz CT molecular complexity index is 376. The van der Waals surface area contributed by atoms with E-state index in [4.69, 9.17) is 0 Å². The van der Waals surface area contributed by atoms with Gasteiger partial charge in [-0.1, -0.05) is 114 Å². The van der Waals surface area contributed by atoms with Crippen LogP contribution in [0.2, 0.25) is 0 Å². The van der Waals surface area contributed by atoms with E-state index >= 15 is 0 Å². The van der Waals surface area contributed by atoms with Crippen molar-refractivity contribution in [2.75, 3.05) is 0 Å². The minimum atomic E-state index is 1.21. The summed E-state index contributed by atoms with van der Waals surface area (Å²) in [5.74, 6) is 0. The molecule has 1 rings (SSSR count). The second kappa shape index (κ2) is 16.8. The topological polar surface area (TPSA) is 0 Å². The second-order valence-corrected chi connectivity index (χ2v) is 7.17. The predicted octanol–water partition coefficient (Wildman–Crippen LogP) is 8.27. The molecule has 0 aromatic heterocycles. The van der Waals surface area contributed by atoms with E-state index in [9.17, 15) is 0 Å². The van der Waals surface area contributed by atoms with Crippen molar-refractivity contribution in [1.82, 2.24) is 0 Å². The van der Waals surface area contributed by atoms with E-state index in [2.05, 4.69) is 49.4 Å². The van der Waals surface area contributed by atoms with Crippen molar-refractivity contribution < 1.29 is 0 Å². The van der Waals surface area contributed by atoms with Crippen LogP contribution in [0.15, 0.2) is 42.5 Å². The quantitative estimate of drug-likeness (QED) is 0.211. The van der Waals surface area contributed by atoms with E-state index in [1.54, 1.807) is 0 Å². The molecular formula is C24H40. The first-order valence-electron chi connectivity index (χ1n) is 10.6. The lowest BCUT2D eigenvalue weighted by Crippen LogP contribution is -1.83. The highest BCUT2D eigenvalue weighted by molar-refractivity contribution is 5.14. The Morgan fingerprint density at radius 3 is 1.67 bits per heavy atom. The molecule has 0 nitrogen and oxygen atoms in total. The molecule has 0 atom stereocenters. The highest BCUT2D eigenvalue weighted by Gasteiger charge is 1.93. The van der Waals surface area contributed by atoms with Gasteiger partial charge in [0.2, 0.25) is 0 Å². The van der Waals surface area contributed by atoms with Crippen LogP contribution in [0.5, 0.6) is 0 Å². The van der Waals surface area contributed by atoms with Gasteiger partial charge < -0.3 is 0 Å². The summed E-state index contributed by atoms with van der Waals surface area (Å²) in [5.41, 5.74) is 1.47. The zero-order valence-electron chi connectivity index (χ0n) is 16.1. The van der Waals surface area contributed by atoms with E-state index in [-0.39, 0.29) is 0 Å². The highest BCUT2D eigenvalue weighted by atomic mass is 14.0. The summed E-state index contributed by atoms with van der Waals surface area (Å²) in [6.07, 6.45) is 25.6. The van der Waals surface area contributed by atoms with Gasteiger partial charge in [0.1, 0.15) is 0 Å². The minimum absolute atomic E-state index is 1.21. The van der Waals surface area contributed by atoms with E-state index in [0.717, 1.165) is 0 Å². The summed E-state index contributed by atoms with van der Waals surface area (Å²) in [6, 6.07) is 10.8. The number of aryl methyl sites for hydroxylation is 1. The summed E-state index contributed by atoms with van der Waals surface area (Å²) in [4.78, 5) is 0. The number of allylic oxidation sites excluding steroid dienone is 2. The van der Waals surface area contributed by atoms with E-state index in [1.807, 2.05) is 0 Å². The number of hydrogen-bond acceptors (Lipinski definition) is 0. The minimum Gasteiger partial charge on any atom is -0.0885 e. The maximum absolute atomic E-state index is 2.40. The van der Waals surface area contributed by atoms with Crippen LogP contribution in [0.3, 0.4) is 0 Å². The molecule has 0 heteroatoms. The highest BCUT2D eigenvalue weighted by Crippen LogP contribution is 2.12. The van der Waals surface area contributed by atoms with Gasteiger partial charge in [0.15, 0.2) is 0 Å². The smallest absolute Gasteiger partial charge is 0.0276 e. The average Bonchev–Trinajstić information content (AvgIpc) is 2.62. The van der Waals surface area contributed by atoms with Crippen molar-refractivity contribution in [3.63, 3.8) is 0 Å². The summed E-state index contributed by atoms with van der Waals surface area (Å²) >= 11 is 0. The standard InChI is InChI=1S/C24H40/c1-2-3-4-5-6-7-8-9-10-11-12-13-14-15-16-18-21-24-22-19-17-20-23-24/h14-15,17,19-20,22-23H,2-13,16,18,21H2,1H3. The number of unbranched alkanes of at least 4 members (excludes halogenated alkanes) is 12. The van der Waals surface area contributed by atoms with E-state index in [1.165, 1.54) is 102 Å². The summed E-state index contributed by atoms with van der Waals surface area (Å²) in [6.45, 7) is 2.29. The molecule has 0 bridgehead atoms. The van der Waals surface area contributed by atoms with Crippen molar-refractivity contribution in [3.05, 3.63) is 48.0 Å². The van der Waals surface area contributed by atoms with Crippen molar-refractivity contribution in [2.24, 2.45) is 0 Å². The molecular weight excluding hydrogens is 288 g/mol. The monoisotopic (exact) mass is 328 g/mol. The average molecular weight is 329 g/mol. The summed E-state index contributed by atoms with van der Waals surface area (Å²) in [5, 5.41) is 0. The van der Waals surface area contributed by atoms with Crippen LogP contribution in [0, 0.1) is 0 Å². The molecule has 0 amide bonds. The molecule has 0 radical (unpaired) electrons. The van der Waals surface area contributed by atoms with Crippen LogP contribution in [-0.2, 0) is 6.42 Å². The number of benzene rings is 1. The van der Waals surface area contributed by atoms with Crippen LogP contribution in [0.4, 0.5) is 0 Å². The largest absolute Gasteiger partial charge is 0.0885 e. The predicted molar refractivity (Wildman–Crippen MR) is 110 cm³/mol. The van der Waals surface area contributed by atoms with Crippen LogP contribution in [0.1, 0.15) is 102 Å². The maximum atomic E-state index is 2.40. The molecule has 0 spiro atoms. The third-order valence-electron chi connectivity index (χ3n) is 4.82. The first-order valence-corrected chi connectivity index (χ1v) is 10.6.